The van der Waals surface area contributed by atoms with Crippen molar-refractivity contribution in [2.75, 3.05) is 7.11 Å². The van der Waals surface area contributed by atoms with Crippen LogP contribution in [0.1, 0.15) is 18.1 Å². The fourth-order valence-corrected chi connectivity index (χ4v) is 1.30. The molecule has 0 atom stereocenters. The quantitative estimate of drug-likeness (QED) is 0.514. The summed E-state index contributed by atoms with van der Waals surface area (Å²) in [5.74, 6) is 0. The smallest absolute Gasteiger partial charge is 0.174 e. The molecule has 0 spiro atoms. The van der Waals surface area contributed by atoms with E-state index in [9.17, 15) is 0 Å². The van der Waals surface area contributed by atoms with Crippen LogP contribution in [0.3, 0.4) is 0 Å². The van der Waals surface area contributed by atoms with Gasteiger partial charge in [-0.15, -0.1) is 0 Å². The van der Waals surface area contributed by atoms with Gasteiger partial charge in [-0.1, -0.05) is 25.1 Å². The van der Waals surface area contributed by atoms with Crippen LogP contribution in [0.15, 0.2) is 23.2 Å². The normalized spacial score (nSPS) is 10.7. The van der Waals surface area contributed by atoms with Gasteiger partial charge in [0.25, 0.3) is 0 Å². The summed E-state index contributed by atoms with van der Waals surface area (Å²) in [5, 5.41) is 0. The molecule has 0 aliphatic rings. The summed E-state index contributed by atoms with van der Waals surface area (Å²) in [6.07, 6.45) is 2.47. The molecule has 0 heterocycles. The molecule has 70 valence electrons. The highest BCUT2D eigenvalue weighted by Crippen LogP contribution is 2.23. The van der Waals surface area contributed by atoms with Crippen LogP contribution in [-0.4, -0.2) is 13.5 Å². The van der Waals surface area contributed by atoms with Crippen molar-refractivity contribution in [3.8, 4) is 0 Å². The molecule has 0 radical (unpaired) electrons. The van der Waals surface area contributed by atoms with Gasteiger partial charge in [-0.25, -0.2) is 4.99 Å². The molecule has 0 aliphatic carbocycles. The highest BCUT2D eigenvalue weighted by molar-refractivity contribution is 5.61. The summed E-state index contributed by atoms with van der Waals surface area (Å²) in [6.45, 7) is 4.18. The molecule has 0 N–H and O–H groups in total. The molecule has 1 aromatic carbocycles. The maximum Gasteiger partial charge on any atom is 0.174 e. The third-order valence-electron chi connectivity index (χ3n) is 1.99. The number of hydrogen-bond acceptors (Lipinski definition) is 2. The lowest BCUT2D eigenvalue weighted by Gasteiger charge is -2.05. The van der Waals surface area contributed by atoms with E-state index in [0.717, 1.165) is 12.1 Å². The van der Waals surface area contributed by atoms with Crippen LogP contribution < -0.4 is 0 Å². The molecular weight excluding hydrogens is 162 g/mol. The maximum atomic E-state index is 4.81. The van der Waals surface area contributed by atoms with Crippen molar-refractivity contribution < 1.29 is 4.74 Å². The first-order valence-electron chi connectivity index (χ1n) is 4.43. The minimum atomic E-state index is 0.998. The molecule has 0 bridgehead atoms. The number of rotatable bonds is 3. The third-order valence-corrected chi connectivity index (χ3v) is 1.99. The highest BCUT2D eigenvalue weighted by Gasteiger charge is 2.00. The average molecular weight is 177 g/mol. The molecule has 0 saturated heterocycles. The number of aryl methyl sites for hydroxylation is 2. The van der Waals surface area contributed by atoms with Gasteiger partial charge in [0, 0.05) is 0 Å². The van der Waals surface area contributed by atoms with Gasteiger partial charge >= 0.3 is 0 Å². The number of nitrogens with zero attached hydrogens (tertiary/aromatic N) is 1. The van der Waals surface area contributed by atoms with Gasteiger partial charge < -0.3 is 4.74 Å². The number of hydrogen-bond donors (Lipinski definition) is 0. The fraction of sp³-hybridized carbons (Fsp3) is 0.364. The van der Waals surface area contributed by atoms with Crippen molar-refractivity contribution in [3.63, 3.8) is 0 Å². The average Bonchev–Trinajstić information content (AvgIpc) is 2.15. The van der Waals surface area contributed by atoms with Crippen LogP contribution in [0.2, 0.25) is 0 Å². The second-order valence-corrected chi connectivity index (χ2v) is 2.91. The summed E-state index contributed by atoms with van der Waals surface area (Å²) < 4.78 is 4.81. The molecule has 2 nitrogen and oxygen atoms in total. The molecule has 1 aromatic rings. The van der Waals surface area contributed by atoms with Gasteiger partial charge in [-0.2, -0.15) is 0 Å². The first-order chi connectivity index (χ1) is 6.29. The van der Waals surface area contributed by atoms with Gasteiger partial charge in [-0.05, 0) is 24.5 Å². The number of para-hydroxylation sites is 1. The Morgan fingerprint density at radius 2 is 2.23 bits per heavy atom. The van der Waals surface area contributed by atoms with Crippen molar-refractivity contribution >= 4 is 12.1 Å². The lowest BCUT2D eigenvalue weighted by molar-refractivity contribution is 0.423. The van der Waals surface area contributed by atoms with E-state index in [1.165, 1.54) is 17.5 Å². The summed E-state index contributed by atoms with van der Waals surface area (Å²) >= 11 is 0. The Labute approximate surface area is 79.3 Å². The number of benzene rings is 1. The Kier molecular flexibility index (Phi) is 3.50. The summed E-state index contributed by atoms with van der Waals surface area (Å²) in [7, 11) is 1.60. The zero-order chi connectivity index (χ0) is 9.68. The van der Waals surface area contributed by atoms with E-state index in [2.05, 4.69) is 37.0 Å². The molecule has 0 aliphatic heterocycles. The Balaban J connectivity index is 3.07. The monoisotopic (exact) mass is 177 g/mol. The van der Waals surface area contributed by atoms with E-state index in [-0.39, 0.29) is 0 Å². The highest BCUT2D eigenvalue weighted by atomic mass is 16.5. The van der Waals surface area contributed by atoms with Gasteiger partial charge in [-0.3, -0.25) is 0 Å². The Morgan fingerprint density at radius 1 is 1.46 bits per heavy atom. The standard InChI is InChI=1S/C11H15NO/c1-4-10-7-5-6-9(2)11(10)12-8-13-3/h5-8H,4H2,1-3H3/b12-8-. The lowest BCUT2D eigenvalue weighted by Crippen LogP contribution is -1.86. The number of aliphatic imine (C=N–C) groups is 1. The Hall–Kier alpha value is -1.31. The number of methoxy groups -OCH3 is 1. The fourth-order valence-electron chi connectivity index (χ4n) is 1.30. The SMILES string of the molecule is CCc1cccc(C)c1/N=C\OC. The molecule has 1 rings (SSSR count). The zero-order valence-electron chi connectivity index (χ0n) is 8.37. The topological polar surface area (TPSA) is 21.6 Å². The number of ether oxygens (including phenoxy) is 1. The van der Waals surface area contributed by atoms with E-state index in [0.29, 0.717) is 0 Å². The van der Waals surface area contributed by atoms with E-state index in [4.69, 9.17) is 4.74 Å². The van der Waals surface area contributed by atoms with Crippen LogP contribution in [0.5, 0.6) is 0 Å². The van der Waals surface area contributed by atoms with E-state index in [1.807, 2.05) is 0 Å². The minimum absolute atomic E-state index is 0.998. The molecule has 0 unspecified atom stereocenters. The largest absolute Gasteiger partial charge is 0.486 e. The van der Waals surface area contributed by atoms with Crippen molar-refractivity contribution in [3.05, 3.63) is 29.3 Å². The van der Waals surface area contributed by atoms with Crippen molar-refractivity contribution in [2.24, 2.45) is 4.99 Å². The molecule has 0 aromatic heterocycles. The first kappa shape index (κ1) is 9.78. The van der Waals surface area contributed by atoms with Gasteiger partial charge in [0.05, 0.1) is 12.8 Å². The van der Waals surface area contributed by atoms with E-state index in [1.54, 1.807) is 7.11 Å². The molecule has 0 fully saturated rings. The second-order valence-electron chi connectivity index (χ2n) is 2.91. The van der Waals surface area contributed by atoms with Gasteiger partial charge in [0.2, 0.25) is 0 Å². The molecule has 2 heteroatoms. The van der Waals surface area contributed by atoms with Gasteiger partial charge in [0.1, 0.15) is 0 Å². The van der Waals surface area contributed by atoms with Crippen LogP contribution >= 0.6 is 0 Å². The Bertz CT molecular complexity index is 305. The first-order valence-corrected chi connectivity index (χ1v) is 4.43. The van der Waals surface area contributed by atoms with Crippen LogP contribution in [-0.2, 0) is 11.2 Å². The van der Waals surface area contributed by atoms with Crippen molar-refractivity contribution in [1.82, 2.24) is 0 Å². The Morgan fingerprint density at radius 3 is 2.85 bits per heavy atom. The van der Waals surface area contributed by atoms with Crippen LogP contribution in [0.25, 0.3) is 0 Å². The minimum Gasteiger partial charge on any atom is -0.486 e. The molecule has 0 amide bonds. The second kappa shape index (κ2) is 4.65. The van der Waals surface area contributed by atoms with Crippen molar-refractivity contribution in [2.45, 2.75) is 20.3 Å². The van der Waals surface area contributed by atoms with E-state index < -0.39 is 0 Å². The zero-order valence-corrected chi connectivity index (χ0v) is 8.37. The molecular formula is C11H15NO. The predicted molar refractivity (Wildman–Crippen MR) is 55.7 cm³/mol. The van der Waals surface area contributed by atoms with E-state index >= 15 is 0 Å². The maximum absolute atomic E-state index is 4.81. The molecule has 13 heavy (non-hydrogen) atoms. The summed E-state index contributed by atoms with van der Waals surface area (Å²) in [4.78, 5) is 4.25. The third kappa shape index (κ3) is 2.31. The predicted octanol–water partition coefficient (Wildman–Crippen LogP) is 2.86. The van der Waals surface area contributed by atoms with Crippen LogP contribution in [0, 0.1) is 6.92 Å². The summed E-state index contributed by atoms with van der Waals surface area (Å²) in [6, 6.07) is 6.21. The molecule has 0 saturated carbocycles. The summed E-state index contributed by atoms with van der Waals surface area (Å²) in [5.41, 5.74) is 3.48. The lowest BCUT2D eigenvalue weighted by atomic mass is 10.1. The van der Waals surface area contributed by atoms with Crippen LogP contribution in [0.4, 0.5) is 5.69 Å². The van der Waals surface area contributed by atoms with Crippen molar-refractivity contribution in [1.29, 1.82) is 0 Å². The van der Waals surface area contributed by atoms with Gasteiger partial charge in [0.15, 0.2) is 6.40 Å².